The lowest BCUT2D eigenvalue weighted by atomic mass is 9.96. The van der Waals surface area contributed by atoms with Crippen LogP contribution in [0.1, 0.15) is 38.4 Å². The Balaban J connectivity index is 1.44. The molecule has 214 valence electrons. The average molecular weight is 563 g/mol. The van der Waals surface area contributed by atoms with E-state index in [2.05, 4.69) is 52.1 Å². The monoisotopic (exact) mass is 562 g/mol. The summed E-state index contributed by atoms with van der Waals surface area (Å²) >= 11 is 0. The van der Waals surface area contributed by atoms with E-state index in [0.717, 1.165) is 58.3 Å². The van der Waals surface area contributed by atoms with Gasteiger partial charge in [0.25, 0.3) is 0 Å². The third-order valence-corrected chi connectivity index (χ3v) is 7.29. The molecule has 42 heavy (non-hydrogen) atoms. The minimum atomic E-state index is -0.357. The zero-order valence-corrected chi connectivity index (χ0v) is 23.8. The lowest BCUT2D eigenvalue weighted by Crippen LogP contribution is -2.43. The van der Waals surface area contributed by atoms with Crippen molar-refractivity contribution >= 4 is 28.7 Å². The van der Waals surface area contributed by atoms with E-state index in [1.54, 1.807) is 4.90 Å². The van der Waals surface area contributed by atoms with Crippen LogP contribution in [0.2, 0.25) is 0 Å². The Morgan fingerprint density at radius 2 is 1.79 bits per heavy atom. The number of rotatable bonds is 7. The molecule has 3 N–H and O–H groups in total. The highest BCUT2D eigenvalue weighted by Crippen LogP contribution is 2.39. The summed E-state index contributed by atoms with van der Waals surface area (Å²) in [6, 6.07) is 17.6. The molecule has 1 aliphatic rings. The van der Waals surface area contributed by atoms with Crippen molar-refractivity contribution in [1.82, 2.24) is 24.8 Å². The van der Waals surface area contributed by atoms with Gasteiger partial charge in [0.2, 0.25) is 11.8 Å². The van der Waals surface area contributed by atoms with Gasteiger partial charge in [0.1, 0.15) is 35.0 Å². The number of carbonyl (C=O) groups excluding carboxylic acids is 2. The van der Waals surface area contributed by atoms with Crippen LogP contribution in [-0.2, 0) is 9.59 Å². The predicted molar refractivity (Wildman–Crippen MR) is 164 cm³/mol. The van der Waals surface area contributed by atoms with Gasteiger partial charge in [-0.25, -0.2) is 9.97 Å². The first-order valence-electron chi connectivity index (χ1n) is 14.0. The number of piperidine rings is 1. The van der Waals surface area contributed by atoms with Crippen molar-refractivity contribution in [3.8, 4) is 34.5 Å². The predicted octanol–water partition coefficient (Wildman–Crippen LogP) is 4.95. The van der Waals surface area contributed by atoms with Crippen LogP contribution in [-0.4, -0.2) is 50.9 Å². The molecule has 9 heteroatoms. The van der Waals surface area contributed by atoms with Crippen molar-refractivity contribution < 1.29 is 14.3 Å². The summed E-state index contributed by atoms with van der Waals surface area (Å²) in [4.78, 5) is 34.6. The van der Waals surface area contributed by atoms with E-state index >= 15 is 0 Å². The molecular formula is C33H34N6O3. The van der Waals surface area contributed by atoms with Gasteiger partial charge in [-0.05, 0) is 68.5 Å². The fourth-order valence-electron chi connectivity index (χ4n) is 5.17. The molecule has 0 radical (unpaired) electrons. The van der Waals surface area contributed by atoms with Gasteiger partial charge in [0.15, 0.2) is 0 Å². The fourth-order valence-corrected chi connectivity index (χ4v) is 5.17. The molecule has 1 fully saturated rings. The first kappa shape index (κ1) is 28.4. The highest BCUT2D eigenvalue weighted by molar-refractivity contribution is 6.03. The van der Waals surface area contributed by atoms with Crippen LogP contribution in [0, 0.1) is 17.8 Å². The topological polar surface area (TPSA) is 115 Å². The standard InChI is InChI=1S/C33H34N6O3/c1-4-28(40)35-20-29(41)38-18-16-23(17-19-38)10-15-27-30(31-32(34)36-21-37-33(31)39(27)22(2)3)24-11-13-26(14-12-24)42-25-8-6-5-7-9-25/h4-9,11-14,21-23H,1,16-20H2,2-3H3,(H,35,40)(H2,34,36,37). The van der Waals surface area contributed by atoms with Gasteiger partial charge in [0, 0.05) is 30.6 Å². The third-order valence-electron chi connectivity index (χ3n) is 7.29. The number of anilines is 1. The number of hydrogen-bond acceptors (Lipinski definition) is 6. The van der Waals surface area contributed by atoms with Crippen molar-refractivity contribution in [2.45, 2.75) is 32.7 Å². The number of aromatic nitrogens is 3. The molecule has 9 nitrogen and oxygen atoms in total. The number of nitrogens with two attached hydrogens (primary N) is 1. The number of nitrogens with zero attached hydrogens (tertiary/aromatic N) is 4. The van der Waals surface area contributed by atoms with E-state index in [4.69, 9.17) is 10.5 Å². The van der Waals surface area contributed by atoms with Crippen LogP contribution >= 0.6 is 0 Å². The van der Waals surface area contributed by atoms with E-state index < -0.39 is 0 Å². The molecule has 2 amide bonds. The number of amides is 2. The quantitative estimate of drug-likeness (QED) is 0.243. The summed E-state index contributed by atoms with van der Waals surface area (Å²) in [7, 11) is 0. The van der Waals surface area contributed by atoms with Gasteiger partial charge in [0.05, 0.1) is 11.9 Å². The Labute approximate surface area is 245 Å². The molecule has 1 aliphatic heterocycles. The maximum Gasteiger partial charge on any atom is 0.243 e. The van der Waals surface area contributed by atoms with E-state index in [1.807, 2.05) is 54.6 Å². The lowest BCUT2D eigenvalue weighted by Gasteiger charge is -2.29. The molecule has 0 saturated carbocycles. The third kappa shape index (κ3) is 6.13. The molecular weight excluding hydrogens is 528 g/mol. The SMILES string of the molecule is C=CC(=O)NCC(=O)N1CCC(C#Cc2c(-c3ccc(Oc4ccccc4)cc3)c3c(N)ncnc3n2C(C)C)CC1. The van der Waals surface area contributed by atoms with E-state index in [1.165, 1.54) is 6.33 Å². The first-order valence-corrected chi connectivity index (χ1v) is 14.0. The second-order valence-electron chi connectivity index (χ2n) is 10.4. The number of fused-ring (bicyclic) bond motifs is 1. The Hall–Kier alpha value is -5.10. The van der Waals surface area contributed by atoms with Gasteiger partial charge in [-0.15, -0.1) is 0 Å². The van der Waals surface area contributed by atoms with E-state index in [-0.39, 0.29) is 30.3 Å². The molecule has 2 aromatic heterocycles. The highest BCUT2D eigenvalue weighted by Gasteiger charge is 2.24. The van der Waals surface area contributed by atoms with Crippen LogP contribution < -0.4 is 15.8 Å². The van der Waals surface area contributed by atoms with Crippen LogP contribution in [0.4, 0.5) is 5.82 Å². The molecule has 0 atom stereocenters. The van der Waals surface area contributed by atoms with Gasteiger partial charge >= 0.3 is 0 Å². The number of likely N-dealkylation sites (tertiary alicyclic amines) is 1. The van der Waals surface area contributed by atoms with Crippen LogP contribution in [0.5, 0.6) is 11.5 Å². The van der Waals surface area contributed by atoms with Crippen LogP contribution in [0.25, 0.3) is 22.2 Å². The van der Waals surface area contributed by atoms with Crippen molar-refractivity contribution in [2.75, 3.05) is 25.4 Å². The summed E-state index contributed by atoms with van der Waals surface area (Å²) < 4.78 is 8.12. The first-order chi connectivity index (χ1) is 20.4. The Morgan fingerprint density at radius 3 is 2.45 bits per heavy atom. The van der Waals surface area contributed by atoms with Crippen molar-refractivity contribution in [3.63, 3.8) is 0 Å². The number of benzene rings is 2. The van der Waals surface area contributed by atoms with Crippen molar-refractivity contribution in [2.24, 2.45) is 5.92 Å². The minimum absolute atomic E-state index is 0.0311. The summed E-state index contributed by atoms with van der Waals surface area (Å²) in [5, 5.41) is 3.32. The van der Waals surface area contributed by atoms with Gasteiger partial charge in [-0.2, -0.15) is 0 Å². The number of nitrogen functional groups attached to an aromatic ring is 1. The van der Waals surface area contributed by atoms with E-state index in [9.17, 15) is 9.59 Å². The number of ether oxygens (including phenoxy) is 1. The van der Waals surface area contributed by atoms with Gasteiger partial charge in [-0.3, -0.25) is 9.59 Å². The van der Waals surface area contributed by atoms with Crippen molar-refractivity contribution in [1.29, 1.82) is 0 Å². The van der Waals surface area contributed by atoms with Gasteiger partial charge in [-0.1, -0.05) is 42.8 Å². The second-order valence-corrected chi connectivity index (χ2v) is 10.4. The molecule has 3 heterocycles. The molecule has 4 aromatic rings. The number of nitrogens with one attached hydrogen (secondary N) is 1. The zero-order chi connectivity index (χ0) is 29.6. The van der Waals surface area contributed by atoms with E-state index in [0.29, 0.717) is 18.9 Å². The lowest BCUT2D eigenvalue weighted by molar-refractivity contribution is -0.133. The zero-order valence-electron chi connectivity index (χ0n) is 23.8. The summed E-state index contributed by atoms with van der Waals surface area (Å²) in [5.41, 5.74) is 9.83. The van der Waals surface area contributed by atoms with Gasteiger partial charge < -0.3 is 25.3 Å². The summed E-state index contributed by atoms with van der Waals surface area (Å²) in [6.07, 6.45) is 4.14. The second kappa shape index (κ2) is 12.6. The molecule has 0 aliphatic carbocycles. The Kier molecular flexibility index (Phi) is 8.53. The number of carbonyl (C=O) groups is 2. The fraction of sp³-hybridized carbons (Fsp3) is 0.273. The molecule has 0 unspecified atom stereocenters. The average Bonchev–Trinajstić information content (AvgIpc) is 3.35. The summed E-state index contributed by atoms with van der Waals surface area (Å²) in [5.74, 6) is 8.51. The minimum Gasteiger partial charge on any atom is -0.457 e. The number of hydrogen-bond donors (Lipinski definition) is 2. The maximum atomic E-state index is 12.5. The normalized spacial score (nSPS) is 13.5. The van der Waals surface area contributed by atoms with Crippen LogP contribution in [0.3, 0.4) is 0 Å². The highest BCUT2D eigenvalue weighted by atomic mass is 16.5. The molecule has 2 aromatic carbocycles. The Bertz CT molecular complexity index is 1660. The molecule has 5 rings (SSSR count). The molecule has 0 spiro atoms. The molecule has 1 saturated heterocycles. The smallest absolute Gasteiger partial charge is 0.243 e. The molecule has 0 bridgehead atoms. The maximum absolute atomic E-state index is 12.5. The summed E-state index contributed by atoms with van der Waals surface area (Å²) in [6.45, 7) is 8.75. The Morgan fingerprint density at radius 1 is 1.10 bits per heavy atom. The van der Waals surface area contributed by atoms with Crippen LogP contribution in [0.15, 0.2) is 73.6 Å². The van der Waals surface area contributed by atoms with Crippen molar-refractivity contribution in [3.05, 3.63) is 79.3 Å². The number of para-hydroxylation sites is 1. The largest absolute Gasteiger partial charge is 0.457 e.